The number of carbonyl (C=O) groups excluding carboxylic acids is 1. The normalized spacial score (nSPS) is 26.1. The molecule has 0 bridgehead atoms. The van der Waals surface area contributed by atoms with Crippen LogP contribution in [-0.4, -0.2) is 40.6 Å². The molecule has 2 fully saturated rings. The third kappa shape index (κ3) is 2.63. The molecule has 2 rings (SSSR count). The summed E-state index contributed by atoms with van der Waals surface area (Å²) in [5.41, 5.74) is 4.82. The third-order valence-corrected chi connectivity index (χ3v) is 4.33. The van der Waals surface area contributed by atoms with Crippen LogP contribution in [-0.2, 0) is 4.79 Å². The van der Waals surface area contributed by atoms with Crippen molar-refractivity contribution in [3.8, 4) is 0 Å². The quantitative estimate of drug-likeness (QED) is 0.774. The van der Waals surface area contributed by atoms with Crippen molar-refractivity contribution in [2.75, 3.05) is 13.6 Å². The van der Waals surface area contributed by atoms with E-state index in [-0.39, 0.29) is 5.91 Å². The summed E-state index contributed by atoms with van der Waals surface area (Å²) < 4.78 is 0. The molecule has 0 radical (unpaired) electrons. The summed E-state index contributed by atoms with van der Waals surface area (Å²) in [4.78, 5) is 13.9. The fourth-order valence-electron chi connectivity index (χ4n) is 3.30. The molecule has 1 amide bonds. The summed E-state index contributed by atoms with van der Waals surface area (Å²) in [5.74, 6) is 0.00956. The second-order valence-electron chi connectivity index (χ2n) is 5.96. The van der Waals surface area contributed by atoms with Gasteiger partial charge in [0.05, 0.1) is 11.1 Å². The number of aliphatic hydroxyl groups is 1. The summed E-state index contributed by atoms with van der Waals surface area (Å²) >= 11 is 0. The van der Waals surface area contributed by atoms with Gasteiger partial charge in [-0.3, -0.25) is 4.79 Å². The van der Waals surface area contributed by atoms with Crippen molar-refractivity contribution in [3.05, 3.63) is 0 Å². The Labute approximate surface area is 103 Å². The van der Waals surface area contributed by atoms with Crippen molar-refractivity contribution >= 4 is 5.91 Å². The van der Waals surface area contributed by atoms with Gasteiger partial charge in [0.15, 0.2) is 0 Å². The van der Waals surface area contributed by atoms with E-state index in [1.54, 1.807) is 11.9 Å². The van der Waals surface area contributed by atoms with Gasteiger partial charge in [-0.1, -0.05) is 25.7 Å². The average molecular weight is 240 g/mol. The lowest BCUT2D eigenvalue weighted by Crippen LogP contribution is -2.55. The Balaban J connectivity index is 1.95. The van der Waals surface area contributed by atoms with Gasteiger partial charge in [0.2, 0.25) is 5.91 Å². The Morgan fingerprint density at radius 1 is 1.18 bits per heavy atom. The Morgan fingerprint density at radius 3 is 2.18 bits per heavy atom. The number of rotatable bonds is 3. The van der Waals surface area contributed by atoms with E-state index in [9.17, 15) is 9.90 Å². The fourth-order valence-corrected chi connectivity index (χ4v) is 3.30. The van der Waals surface area contributed by atoms with Crippen LogP contribution in [0.5, 0.6) is 0 Å². The van der Waals surface area contributed by atoms with Crippen molar-refractivity contribution in [1.82, 2.24) is 4.90 Å². The highest BCUT2D eigenvalue weighted by Crippen LogP contribution is 2.32. The van der Waals surface area contributed by atoms with Gasteiger partial charge in [-0.15, -0.1) is 0 Å². The van der Waals surface area contributed by atoms with Crippen LogP contribution in [0.4, 0.5) is 0 Å². The summed E-state index contributed by atoms with van der Waals surface area (Å²) in [6, 6.07) is 0. The monoisotopic (exact) mass is 240 g/mol. The van der Waals surface area contributed by atoms with Gasteiger partial charge >= 0.3 is 0 Å². The fraction of sp³-hybridized carbons (Fsp3) is 0.923. The maximum atomic E-state index is 12.3. The molecule has 4 heteroatoms. The van der Waals surface area contributed by atoms with Crippen molar-refractivity contribution in [3.63, 3.8) is 0 Å². The molecule has 3 N–H and O–H groups in total. The average Bonchev–Trinajstić information content (AvgIpc) is 2.87. The van der Waals surface area contributed by atoms with Gasteiger partial charge in [0.25, 0.3) is 0 Å². The molecule has 98 valence electrons. The number of amides is 1. The molecule has 4 nitrogen and oxygen atoms in total. The Kier molecular flexibility index (Phi) is 3.46. The summed E-state index contributed by atoms with van der Waals surface area (Å²) in [7, 11) is 1.77. The van der Waals surface area contributed by atoms with Crippen molar-refractivity contribution < 1.29 is 9.90 Å². The topological polar surface area (TPSA) is 66.6 Å². The molecule has 2 aliphatic rings. The highest BCUT2D eigenvalue weighted by atomic mass is 16.3. The predicted molar refractivity (Wildman–Crippen MR) is 66.4 cm³/mol. The van der Waals surface area contributed by atoms with Crippen LogP contribution >= 0.6 is 0 Å². The molecule has 2 aliphatic carbocycles. The Hall–Kier alpha value is -0.610. The van der Waals surface area contributed by atoms with E-state index in [1.807, 2.05) is 0 Å². The molecule has 0 spiro atoms. The van der Waals surface area contributed by atoms with Crippen LogP contribution in [0.15, 0.2) is 0 Å². The lowest BCUT2D eigenvalue weighted by Gasteiger charge is -2.33. The predicted octanol–water partition coefficient (Wildman–Crippen LogP) is 1.02. The third-order valence-electron chi connectivity index (χ3n) is 4.33. The zero-order valence-electron chi connectivity index (χ0n) is 10.7. The molecule has 17 heavy (non-hydrogen) atoms. The number of nitrogens with two attached hydrogens (primary N) is 1. The van der Waals surface area contributed by atoms with Crippen LogP contribution in [0.3, 0.4) is 0 Å². The first-order chi connectivity index (χ1) is 7.95. The van der Waals surface area contributed by atoms with Gasteiger partial charge in [-0.25, -0.2) is 0 Å². The first-order valence-corrected chi connectivity index (χ1v) is 6.72. The molecular formula is C13H24N2O2. The van der Waals surface area contributed by atoms with E-state index in [0.29, 0.717) is 6.54 Å². The number of carbonyl (C=O) groups is 1. The molecule has 0 aromatic rings. The van der Waals surface area contributed by atoms with Gasteiger partial charge in [-0.2, -0.15) is 0 Å². The minimum atomic E-state index is -0.667. The van der Waals surface area contributed by atoms with Crippen LogP contribution in [0.1, 0.15) is 51.4 Å². The van der Waals surface area contributed by atoms with Crippen molar-refractivity contribution in [2.24, 2.45) is 5.73 Å². The van der Waals surface area contributed by atoms with Crippen LogP contribution in [0.25, 0.3) is 0 Å². The molecular weight excluding hydrogens is 216 g/mol. The second-order valence-corrected chi connectivity index (χ2v) is 5.96. The lowest BCUT2D eigenvalue weighted by atomic mass is 9.95. The van der Waals surface area contributed by atoms with E-state index in [0.717, 1.165) is 51.4 Å². The van der Waals surface area contributed by atoms with Crippen molar-refractivity contribution in [1.29, 1.82) is 0 Å². The van der Waals surface area contributed by atoms with Crippen LogP contribution in [0.2, 0.25) is 0 Å². The first kappa shape index (κ1) is 12.8. The summed E-state index contributed by atoms with van der Waals surface area (Å²) in [5, 5.41) is 10.3. The van der Waals surface area contributed by atoms with Gasteiger partial charge in [0, 0.05) is 13.6 Å². The minimum Gasteiger partial charge on any atom is -0.388 e. The maximum Gasteiger partial charge on any atom is 0.242 e. The number of hydrogen-bond acceptors (Lipinski definition) is 3. The second kappa shape index (κ2) is 4.58. The molecule has 0 saturated heterocycles. The number of hydrogen-bond donors (Lipinski definition) is 2. The molecule has 0 aromatic heterocycles. The zero-order chi connectivity index (χ0) is 12.5. The van der Waals surface area contributed by atoms with Crippen LogP contribution in [0, 0.1) is 0 Å². The Bertz CT molecular complexity index is 292. The lowest BCUT2D eigenvalue weighted by molar-refractivity contribution is -0.138. The van der Waals surface area contributed by atoms with Crippen LogP contribution < -0.4 is 5.73 Å². The van der Waals surface area contributed by atoms with Gasteiger partial charge in [0.1, 0.15) is 0 Å². The van der Waals surface area contributed by atoms with E-state index in [2.05, 4.69) is 0 Å². The summed E-state index contributed by atoms with van der Waals surface area (Å²) in [6.07, 6.45) is 7.40. The Morgan fingerprint density at radius 2 is 1.65 bits per heavy atom. The highest BCUT2D eigenvalue weighted by Gasteiger charge is 2.41. The molecule has 0 aliphatic heterocycles. The SMILES string of the molecule is CN(CC1(O)CCCC1)C(=O)C1(N)CCCC1. The van der Waals surface area contributed by atoms with E-state index in [4.69, 9.17) is 5.73 Å². The molecule has 0 unspecified atom stereocenters. The maximum absolute atomic E-state index is 12.3. The first-order valence-electron chi connectivity index (χ1n) is 6.72. The van der Waals surface area contributed by atoms with Gasteiger partial charge < -0.3 is 15.7 Å². The summed E-state index contributed by atoms with van der Waals surface area (Å²) in [6.45, 7) is 0.435. The van der Waals surface area contributed by atoms with E-state index in [1.165, 1.54) is 0 Å². The van der Waals surface area contributed by atoms with E-state index < -0.39 is 11.1 Å². The molecule has 0 heterocycles. The number of nitrogens with zero attached hydrogens (tertiary/aromatic N) is 1. The highest BCUT2D eigenvalue weighted by molar-refractivity contribution is 5.86. The minimum absolute atomic E-state index is 0.00956. The molecule has 0 aromatic carbocycles. The molecule has 0 atom stereocenters. The number of likely N-dealkylation sites (N-methyl/N-ethyl adjacent to an activating group) is 1. The smallest absolute Gasteiger partial charge is 0.242 e. The van der Waals surface area contributed by atoms with Gasteiger partial charge in [-0.05, 0) is 25.7 Å². The standard InChI is InChI=1S/C13H24N2O2/c1-15(10-12(17)6-2-3-7-12)11(16)13(14)8-4-5-9-13/h17H,2-10,14H2,1H3. The largest absolute Gasteiger partial charge is 0.388 e. The zero-order valence-corrected chi connectivity index (χ0v) is 10.7. The van der Waals surface area contributed by atoms with Crippen molar-refractivity contribution in [2.45, 2.75) is 62.5 Å². The molecule has 2 saturated carbocycles. The van der Waals surface area contributed by atoms with E-state index >= 15 is 0 Å².